The first-order chi connectivity index (χ1) is 17.3. The predicted molar refractivity (Wildman–Crippen MR) is 109 cm³/mol. The summed E-state index contributed by atoms with van der Waals surface area (Å²) in [7, 11) is -11.8. The van der Waals surface area contributed by atoms with E-state index in [-0.39, 0.29) is 0 Å². The van der Waals surface area contributed by atoms with Crippen molar-refractivity contribution < 1.29 is 91.5 Å². The lowest BCUT2D eigenvalue weighted by Gasteiger charge is -2.47. The average Bonchev–Trinajstić information content (AvgIpc) is 2.70. The summed E-state index contributed by atoms with van der Waals surface area (Å²) < 4.78 is 255. The molecule has 0 amide bonds. The van der Waals surface area contributed by atoms with Crippen LogP contribution < -0.4 is 0 Å². The second-order valence-electron chi connectivity index (χ2n) is 9.87. The molecular weight excluding hydrogens is 667 g/mol. The van der Waals surface area contributed by atoms with Gasteiger partial charge in [0.15, 0.2) is 0 Å². The fraction of sp³-hybridized carbons (Fsp3) is 0.944. The van der Waals surface area contributed by atoms with Gasteiger partial charge >= 0.3 is 57.1 Å². The minimum absolute atomic E-state index is 0.541. The van der Waals surface area contributed by atoms with Crippen molar-refractivity contribution in [1.82, 2.24) is 0 Å². The molecule has 0 aliphatic carbocycles. The van der Waals surface area contributed by atoms with Gasteiger partial charge in [0.1, 0.15) is 5.78 Å². The number of hydrogen-bond acceptors (Lipinski definition) is 4. The first kappa shape index (κ1) is 39.7. The Kier molecular flexibility index (Phi) is 10.1. The Balaban J connectivity index is 7.15. The SMILES string of the molecule is CC(C)C(=O)CS(C)(OS(=O)(=O)C(F)(F)C(F)(F)C(F)(F)C(F)(F)C(F)(F)C(F)(F)C(F)(F)C(F)(F)F)C(C)(C)C. The van der Waals surface area contributed by atoms with Gasteiger partial charge in [0.25, 0.3) is 0 Å². The molecule has 0 radical (unpaired) electrons. The van der Waals surface area contributed by atoms with E-state index in [2.05, 4.69) is 3.63 Å². The molecule has 0 fully saturated rings. The van der Waals surface area contributed by atoms with Crippen LogP contribution in [0.2, 0.25) is 0 Å². The van der Waals surface area contributed by atoms with E-state index in [4.69, 9.17) is 0 Å². The van der Waals surface area contributed by atoms with Gasteiger partial charge in [-0.25, -0.2) is 3.63 Å². The number of ketones is 1. The summed E-state index contributed by atoms with van der Waals surface area (Å²) in [6.07, 6.45) is -7.37. The molecule has 0 aromatic carbocycles. The Morgan fingerprint density at radius 3 is 1.17 bits per heavy atom. The molecule has 0 aromatic rings. The van der Waals surface area contributed by atoms with E-state index in [1.165, 1.54) is 0 Å². The van der Waals surface area contributed by atoms with Gasteiger partial charge < -0.3 is 0 Å². The van der Waals surface area contributed by atoms with Gasteiger partial charge in [-0.2, -0.15) is 83.1 Å². The molecule has 1 atom stereocenters. The molecule has 4 nitrogen and oxygen atoms in total. The van der Waals surface area contributed by atoms with E-state index in [1.807, 2.05) is 0 Å². The lowest BCUT2D eigenvalue weighted by atomic mass is 9.91. The fourth-order valence-corrected chi connectivity index (χ4v) is 7.01. The number of carbonyl (C=O) groups is 1. The standard InChI is InChI=1S/C18H21F17O4S2/c1-8(2)9(36)7-40(6,10(3,4)5)39-41(37,38)18(34,35)16(29,30)14(25,26)12(21,22)11(19,20)13(23,24)15(27,28)17(31,32)33/h8H,7H2,1-6H3. The van der Waals surface area contributed by atoms with Gasteiger partial charge in [-0.05, 0) is 6.26 Å². The van der Waals surface area contributed by atoms with E-state index in [0.717, 1.165) is 34.6 Å². The van der Waals surface area contributed by atoms with Crippen LogP contribution in [0.5, 0.6) is 0 Å². The zero-order valence-corrected chi connectivity index (χ0v) is 22.8. The number of alkyl halides is 17. The summed E-state index contributed by atoms with van der Waals surface area (Å²) in [6.45, 7) is 5.13. The topological polar surface area (TPSA) is 60.4 Å². The number of rotatable bonds is 12. The van der Waals surface area contributed by atoms with Crippen LogP contribution in [-0.4, -0.2) is 77.9 Å². The molecule has 0 rings (SSSR count). The Morgan fingerprint density at radius 2 is 0.902 bits per heavy atom. The maximum atomic E-state index is 14.4. The molecule has 23 heteroatoms. The van der Waals surface area contributed by atoms with Crippen molar-refractivity contribution in [3.8, 4) is 0 Å². The molecule has 1 unspecified atom stereocenters. The van der Waals surface area contributed by atoms with Gasteiger partial charge in [0.2, 0.25) is 0 Å². The third-order valence-electron chi connectivity index (χ3n) is 5.60. The van der Waals surface area contributed by atoms with E-state index < -0.39 is 89.6 Å². The van der Waals surface area contributed by atoms with Gasteiger partial charge in [-0.3, -0.25) is 4.79 Å². The highest BCUT2D eigenvalue weighted by atomic mass is 32.3. The predicted octanol–water partition coefficient (Wildman–Crippen LogP) is 7.67. The fourth-order valence-electron chi connectivity index (χ4n) is 2.33. The average molecular weight is 688 g/mol. The van der Waals surface area contributed by atoms with Crippen LogP contribution >= 0.6 is 10.3 Å². The Bertz CT molecular complexity index is 1090. The number of halogens is 17. The largest absolute Gasteiger partial charge is 0.460 e. The molecule has 0 N–H and O–H groups in total. The first-order valence-electron chi connectivity index (χ1n) is 10.2. The smallest absolute Gasteiger partial charge is 0.298 e. The van der Waals surface area contributed by atoms with Gasteiger partial charge in [-0.1, -0.05) is 34.6 Å². The lowest BCUT2D eigenvalue weighted by Crippen LogP contribution is -2.75. The summed E-state index contributed by atoms with van der Waals surface area (Å²) in [5.74, 6) is -55.4. The van der Waals surface area contributed by atoms with Gasteiger partial charge in [0, 0.05) is 10.7 Å². The second kappa shape index (κ2) is 10.4. The highest BCUT2D eigenvalue weighted by Crippen LogP contribution is 2.66. The minimum atomic E-state index is -8.94. The Hall–Kier alpha value is -1.26. The molecule has 0 spiro atoms. The minimum Gasteiger partial charge on any atom is -0.298 e. The van der Waals surface area contributed by atoms with Crippen LogP contribution in [0.4, 0.5) is 74.6 Å². The van der Waals surface area contributed by atoms with Crippen molar-refractivity contribution in [3.05, 3.63) is 0 Å². The number of hydrogen-bond donors (Lipinski definition) is 0. The zero-order chi connectivity index (χ0) is 34.1. The number of carbonyl (C=O) groups excluding carboxylic acids is 1. The Morgan fingerprint density at radius 1 is 0.610 bits per heavy atom. The van der Waals surface area contributed by atoms with E-state index in [0.29, 0.717) is 6.26 Å². The highest BCUT2D eigenvalue weighted by Gasteiger charge is 2.96. The number of Topliss-reactive ketones (excluding diaryl/α,β-unsaturated/α-hetero) is 1. The summed E-state index contributed by atoms with van der Waals surface area (Å²) in [5.41, 5.74) is 0. The molecule has 0 saturated heterocycles. The van der Waals surface area contributed by atoms with Crippen molar-refractivity contribution in [2.75, 3.05) is 12.0 Å². The molecule has 0 aliphatic rings. The van der Waals surface area contributed by atoms with Crippen LogP contribution in [0.25, 0.3) is 0 Å². The highest BCUT2D eigenvalue weighted by molar-refractivity contribution is 8.33. The van der Waals surface area contributed by atoms with E-state index >= 15 is 0 Å². The van der Waals surface area contributed by atoms with Crippen molar-refractivity contribution in [3.63, 3.8) is 0 Å². The molecule has 41 heavy (non-hydrogen) atoms. The van der Waals surface area contributed by atoms with Crippen LogP contribution in [0.1, 0.15) is 34.6 Å². The van der Waals surface area contributed by atoms with Crippen LogP contribution in [0, 0.1) is 5.92 Å². The molecule has 0 aromatic heterocycles. The zero-order valence-electron chi connectivity index (χ0n) is 21.2. The van der Waals surface area contributed by atoms with E-state index in [9.17, 15) is 87.8 Å². The van der Waals surface area contributed by atoms with Crippen LogP contribution in [0.15, 0.2) is 0 Å². The van der Waals surface area contributed by atoms with Crippen molar-refractivity contribution >= 4 is 26.2 Å². The molecule has 0 heterocycles. The maximum absolute atomic E-state index is 14.4. The summed E-state index contributed by atoms with van der Waals surface area (Å²) >= 11 is 0. The first-order valence-corrected chi connectivity index (χ1v) is 13.8. The normalized spacial score (nSPS) is 18.3. The summed E-state index contributed by atoms with van der Waals surface area (Å²) in [6, 6.07) is 0. The third kappa shape index (κ3) is 5.83. The Labute approximate surface area is 222 Å². The van der Waals surface area contributed by atoms with E-state index in [1.54, 1.807) is 0 Å². The third-order valence-corrected chi connectivity index (χ3v) is 11.8. The van der Waals surface area contributed by atoms with Crippen molar-refractivity contribution in [2.45, 2.75) is 86.3 Å². The maximum Gasteiger partial charge on any atom is 0.460 e. The van der Waals surface area contributed by atoms with Crippen molar-refractivity contribution in [1.29, 1.82) is 0 Å². The lowest BCUT2D eigenvalue weighted by molar-refractivity contribution is -0.458. The van der Waals surface area contributed by atoms with Crippen LogP contribution in [0.3, 0.4) is 0 Å². The van der Waals surface area contributed by atoms with Crippen LogP contribution in [-0.2, 0) is 18.5 Å². The summed E-state index contributed by atoms with van der Waals surface area (Å²) in [4.78, 5) is 12.1. The van der Waals surface area contributed by atoms with Gasteiger partial charge in [-0.15, -0.1) is 10.3 Å². The molecule has 0 saturated carbocycles. The van der Waals surface area contributed by atoms with Crippen molar-refractivity contribution in [2.24, 2.45) is 5.92 Å². The molecule has 248 valence electrons. The monoisotopic (exact) mass is 688 g/mol. The quantitative estimate of drug-likeness (QED) is 0.198. The molecular formula is C18H21F17O4S2. The summed E-state index contributed by atoms with van der Waals surface area (Å²) in [5, 5.41) is -7.80. The van der Waals surface area contributed by atoms with Gasteiger partial charge in [0.05, 0.1) is 5.75 Å². The molecule has 0 bridgehead atoms. The molecule has 0 aliphatic heterocycles. The second-order valence-corrected chi connectivity index (χ2v) is 15.4.